The maximum Gasteiger partial charge on any atom is 0.349 e. The molecule has 0 aliphatic carbocycles. The van der Waals surface area contributed by atoms with E-state index in [1.54, 1.807) is 125 Å². The van der Waals surface area contributed by atoms with Crippen LogP contribution < -0.4 is 113 Å². The van der Waals surface area contributed by atoms with Crippen LogP contribution in [0.4, 0.5) is 64.1 Å². The number of hydrogen-bond acceptors (Lipinski definition) is 29. The number of rotatable bonds is 2. The van der Waals surface area contributed by atoms with Crippen LogP contribution in [0, 0.1) is 79.4 Å². The molecule has 40 nitrogen and oxygen atoms in total. The van der Waals surface area contributed by atoms with E-state index in [0.717, 1.165) is 48.6 Å². The minimum atomic E-state index is -0.775. The first-order valence-electron chi connectivity index (χ1n) is 29.7. The van der Waals surface area contributed by atoms with E-state index in [1.807, 2.05) is 47.6 Å². The molecule has 10 aromatic heterocycles. The van der Waals surface area contributed by atoms with Crippen molar-refractivity contribution in [3.63, 3.8) is 0 Å². The average molecular weight is 1440 g/mol. The number of aromatic amines is 2. The van der Waals surface area contributed by atoms with Crippen LogP contribution in [0.1, 0.15) is 63.1 Å². The Bertz CT molecular complexity index is 4880. The van der Waals surface area contributed by atoms with E-state index in [1.165, 1.54) is 55.4 Å². The largest absolute Gasteiger partial charge is 0.385 e. The van der Waals surface area contributed by atoms with Crippen LogP contribution in [-0.2, 0) is 56.4 Å². The van der Waals surface area contributed by atoms with Crippen LogP contribution in [-0.4, -0.2) is 93.4 Å². The summed E-state index contributed by atoms with van der Waals surface area (Å²) < 4.78 is 10.7. The van der Waals surface area contributed by atoms with Crippen molar-refractivity contribution in [2.75, 3.05) is 64.0 Å². The van der Waals surface area contributed by atoms with E-state index in [-0.39, 0.29) is 75.8 Å². The lowest BCUT2D eigenvalue weighted by molar-refractivity contribution is -0.386. The zero-order chi connectivity index (χ0) is 78.7. The molecule has 0 atom stereocenters. The fraction of sp³-hybridized carbons (Fsp3) is 0.317. The first-order valence-corrected chi connectivity index (χ1v) is 29.7. The molecule has 40 heteroatoms. The van der Waals surface area contributed by atoms with Crippen molar-refractivity contribution >= 4 is 64.1 Å². The van der Waals surface area contributed by atoms with Crippen molar-refractivity contribution in [2.45, 2.75) is 76.7 Å². The van der Waals surface area contributed by atoms with E-state index in [4.69, 9.17) is 51.6 Å². The Labute approximate surface area is 589 Å². The maximum atomic E-state index is 11.1. The van der Waals surface area contributed by atoms with Crippen molar-refractivity contribution in [2.24, 2.45) is 56.4 Å². The summed E-state index contributed by atoms with van der Waals surface area (Å²) in [4.78, 5) is 149. The van der Waals surface area contributed by atoms with E-state index >= 15 is 0 Å². The minimum absolute atomic E-state index is 0. The van der Waals surface area contributed by atoms with Gasteiger partial charge in [0.05, 0.1) is 4.92 Å². The molecule has 0 aliphatic heterocycles. The van der Waals surface area contributed by atoms with Gasteiger partial charge >= 0.3 is 39.7 Å². The predicted octanol–water partition coefficient (Wildman–Crippen LogP) is -0.493. The highest BCUT2D eigenvalue weighted by molar-refractivity contribution is 5.50. The Morgan fingerprint density at radius 3 is 1.26 bits per heavy atom. The molecule has 0 aromatic carbocycles. The van der Waals surface area contributed by atoms with Gasteiger partial charge < -0.3 is 94.3 Å². The molecule has 0 fully saturated rings. The summed E-state index contributed by atoms with van der Waals surface area (Å²) in [5, 5.41) is 13.0. The van der Waals surface area contributed by atoms with Gasteiger partial charge in [-0.05, 0) is 110 Å². The van der Waals surface area contributed by atoms with Crippen molar-refractivity contribution < 1.29 is 4.92 Å². The van der Waals surface area contributed by atoms with Crippen LogP contribution in [0.5, 0.6) is 0 Å². The molecule has 0 aliphatic rings. The zero-order valence-electron chi connectivity index (χ0n) is 60.2. The number of nitrogens with one attached hydrogen (secondary N) is 3. The summed E-state index contributed by atoms with van der Waals surface area (Å²) >= 11 is 0. The monoisotopic (exact) mass is 1430 g/mol. The van der Waals surface area contributed by atoms with E-state index in [2.05, 4.69) is 50.2 Å². The van der Waals surface area contributed by atoms with Gasteiger partial charge in [-0.3, -0.25) is 43.2 Å². The third kappa shape index (κ3) is 28.8. The molecule has 0 saturated heterocycles. The summed E-state index contributed by atoms with van der Waals surface area (Å²) in [6.07, 6.45) is 11.2. The lowest BCUT2D eigenvalue weighted by atomic mass is 10.2. The summed E-state index contributed by atoms with van der Waals surface area (Å²) in [5.74, 6) is 3.78. The molecule has 10 heterocycles. The van der Waals surface area contributed by atoms with Gasteiger partial charge in [0.15, 0.2) is 0 Å². The quantitative estimate of drug-likeness (QED) is 0.0767. The molecule has 0 amide bonds. The van der Waals surface area contributed by atoms with Gasteiger partial charge in [-0.2, -0.15) is 24.9 Å². The summed E-state index contributed by atoms with van der Waals surface area (Å²) in [6.45, 7) is 17.8. The zero-order valence-corrected chi connectivity index (χ0v) is 60.2. The third-order valence-electron chi connectivity index (χ3n) is 13.6. The molecule has 0 saturated carbocycles. The van der Waals surface area contributed by atoms with Gasteiger partial charge in [0, 0.05) is 152 Å². The predicted molar refractivity (Wildman–Crippen MR) is 402 cm³/mol. The van der Waals surface area contributed by atoms with Crippen LogP contribution >= 0.6 is 0 Å². The Balaban J connectivity index is 0.00000112. The fourth-order valence-corrected chi connectivity index (χ4v) is 7.13. The van der Waals surface area contributed by atoms with E-state index < -0.39 is 16.2 Å². The minimum Gasteiger partial charge on any atom is -0.385 e. The third-order valence-corrected chi connectivity index (χ3v) is 13.6. The topological polar surface area (TPSA) is 621 Å². The number of anilines is 10. The Hall–Kier alpha value is -13.6. The number of nitrogens with two attached hydrogens (primary N) is 9. The molecule has 103 heavy (non-hydrogen) atoms. The number of hydrogen-bond donors (Lipinski definition) is 12. The second kappa shape index (κ2) is 41.0. The first-order chi connectivity index (χ1) is 47.2. The van der Waals surface area contributed by atoms with Gasteiger partial charge in [-0.1, -0.05) is 7.43 Å². The van der Waals surface area contributed by atoms with E-state index in [0.29, 0.717) is 63.0 Å². The highest BCUT2D eigenvalue weighted by Crippen LogP contribution is 2.14. The number of aromatic nitrogens is 17. The molecule has 0 bridgehead atoms. The summed E-state index contributed by atoms with van der Waals surface area (Å²) in [7, 11) is 14.5. The van der Waals surface area contributed by atoms with Gasteiger partial charge in [0.2, 0.25) is 11.9 Å². The molecule has 10 rings (SSSR count). The second-order valence-corrected chi connectivity index (χ2v) is 22.1. The standard InChI is InChI=1S/C7H11N3.C7H10N2O2.C7H10N2O.C6H7N3O3.4C6H9N3O.C6H8N2O2.C5H8N4.CH4/c1-4-3-5(2)7(9)10-6(4)8;1-5-4-8(2)7(11)9(3)6(5)10;1-4-3-5(2)7(10)9-6(4)8;1-3-2-4(9(11)12)6(10)8-5(3)7;1-7-5-3-4-9(2)6(10)8-5;1-4-3-9(2)6(7)8-5(4)10;2*1-4-3-9(2)6(10)8-5(4)7;1-7-4-3-5(9)8(2)6(7)10;1-3-2-8-5(7)9-4(3)6;/h3H,1-2H3,(H4,8,9,10);4H,1-3H3;3H,1-2H3,(H3,8,9,10);2H,1H3,(H3,7,8,10);3-4H,1-2H3,(H,7,8,10);3*3H,1-2H3,(H2,7,8,10);3-4H,1-2H3;2H,1H3,(H4,6,7,8,9);1H4. The van der Waals surface area contributed by atoms with Crippen LogP contribution in [0.25, 0.3) is 0 Å². The number of H-pyrrole nitrogens is 2. The number of nitrogen functional groups attached to an aromatic ring is 9. The SMILES string of the molecule is C.CNc1ccn(C)c(=O)n1.Cc1cc(C)c(=O)[nH]c1N.Cc1cc(C)c(N)nc1N.Cc1cc([N+](=O)[O-])c(=O)[nH]c1N.Cc1cn(C)c(=O)n(C)c1=O.Cc1cn(C)c(=O)nc1N.Cc1cn(C)c(=O)nc1N.Cc1cn(C)c(N)nc1=O.Cc1cnc(N)nc1N.Cn1ccc(=O)n(C)c1=O. The summed E-state index contributed by atoms with van der Waals surface area (Å²) in [5.41, 5.74) is 52.6. The Morgan fingerprint density at radius 1 is 0.427 bits per heavy atom. The highest BCUT2D eigenvalue weighted by atomic mass is 16.6. The molecule has 21 N–H and O–H groups in total. The van der Waals surface area contributed by atoms with Crippen LogP contribution in [0.2, 0.25) is 0 Å². The molecule has 0 spiro atoms. The number of nitrogens with zero attached hydrogens (tertiary/aromatic N) is 16. The molecule has 0 radical (unpaired) electrons. The summed E-state index contributed by atoms with van der Waals surface area (Å²) in [6, 6.07) is 7.93. The van der Waals surface area contributed by atoms with Crippen LogP contribution in [0.15, 0.2) is 122 Å². The Morgan fingerprint density at radius 2 is 0.845 bits per heavy atom. The van der Waals surface area contributed by atoms with Crippen LogP contribution in [0.3, 0.4) is 0 Å². The number of pyridine rings is 3. The van der Waals surface area contributed by atoms with Crippen molar-refractivity contribution in [1.29, 1.82) is 0 Å². The van der Waals surface area contributed by atoms with E-state index in [9.17, 15) is 58.1 Å². The fourth-order valence-electron chi connectivity index (χ4n) is 7.13. The number of aryl methyl sites for hydroxylation is 16. The Kier molecular flexibility index (Phi) is 35.6. The van der Waals surface area contributed by atoms with Crippen molar-refractivity contribution in [3.05, 3.63) is 244 Å². The second-order valence-electron chi connectivity index (χ2n) is 22.1. The number of nitro groups is 1. The molecule has 0 unspecified atom stereocenters. The lowest BCUT2D eigenvalue weighted by Crippen LogP contribution is -2.37. The van der Waals surface area contributed by atoms with Crippen molar-refractivity contribution in [1.82, 2.24) is 81.4 Å². The average Bonchev–Trinajstić information content (AvgIpc) is 0.823. The lowest BCUT2D eigenvalue weighted by Gasteiger charge is -2.02. The van der Waals surface area contributed by atoms with Gasteiger partial charge in [-0.25, -0.2) is 33.9 Å². The molecule has 10 aromatic rings. The van der Waals surface area contributed by atoms with Crippen molar-refractivity contribution in [3.8, 4) is 0 Å². The highest BCUT2D eigenvalue weighted by Gasteiger charge is 2.13. The van der Waals surface area contributed by atoms with Gasteiger partial charge in [0.1, 0.15) is 46.5 Å². The van der Waals surface area contributed by atoms with Gasteiger partial charge in [-0.15, -0.1) is 0 Å². The maximum absolute atomic E-state index is 11.1. The smallest absolute Gasteiger partial charge is 0.349 e. The molecular weight excluding hydrogens is 1340 g/mol. The molecule has 558 valence electrons. The molecular formula is C63H94N28O12. The normalized spacial score (nSPS) is 9.66. The first kappa shape index (κ1) is 89.4. The van der Waals surface area contributed by atoms with Gasteiger partial charge in [0.25, 0.3) is 22.2 Å².